The van der Waals surface area contributed by atoms with Crippen LogP contribution in [-0.2, 0) is 43.7 Å². The summed E-state index contributed by atoms with van der Waals surface area (Å²) in [6.07, 6.45) is 4.37. The number of carbonyl (C=O) groups excluding carboxylic acids is 2. The van der Waals surface area contributed by atoms with Gasteiger partial charge in [-0.15, -0.1) is 0 Å². The SMILES string of the molecule is COC(=O)CCCc1c(C)c2cc3nc(c(C)c4nc(cc5[nH]c(cc1[nH]2)c(CCCC(=O)OC)c5C)C(C)(C)C4)C(C)=C3C. The van der Waals surface area contributed by atoms with E-state index in [2.05, 4.69) is 76.6 Å². The molecular formula is C37H46N4O4. The summed E-state index contributed by atoms with van der Waals surface area (Å²) in [5, 5.41) is 0. The van der Waals surface area contributed by atoms with Crippen molar-refractivity contribution in [1.29, 1.82) is 0 Å². The smallest absolute Gasteiger partial charge is 0.305 e. The Kier molecular flexibility index (Phi) is 9.06. The van der Waals surface area contributed by atoms with Gasteiger partial charge in [0.1, 0.15) is 0 Å². The highest BCUT2D eigenvalue weighted by molar-refractivity contribution is 5.92. The van der Waals surface area contributed by atoms with Gasteiger partial charge < -0.3 is 19.4 Å². The number of ether oxygens (including phenoxy) is 2. The van der Waals surface area contributed by atoms with Crippen molar-refractivity contribution in [3.05, 3.63) is 68.8 Å². The average Bonchev–Trinajstić information content (AvgIpc) is 3.66. The number of hydrogen-bond acceptors (Lipinski definition) is 6. The van der Waals surface area contributed by atoms with Gasteiger partial charge in [0.05, 0.1) is 25.6 Å². The van der Waals surface area contributed by atoms with Crippen molar-refractivity contribution in [1.82, 2.24) is 19.9 Å². The molecule has 45 heavy (non-hydrogen) atoms. The van der Waals surface area contributed by atoms with Crippen LogP contribution < -0.4 is 0 Å². The Hall–Kier alpha value is -4.20. The molecule has 2 aliphatic rings. The normalized spacial score (nSPS) is 14.2. The van der Waals surface area contributed by atoms with Gasteiger partial charge in [-0.05, 0) is 117 Å². The number of fused-ring (bicyclic) bond motifs is 8. The fraction of sp³-hybridized carbons (Fsp3) is 0.459. The van der Waals surface area contributed by atoms with Crippen LogP contribution >= 0.6 is 0 Å². The zero-order valence-electron chi connectivity index (χ0n) is 28.2. The van der Waals surface area contributed by atoms with Crippen LogP contribution in [0.5, 0.6) is 0 Å². The van der Waals surface area contributed by atoms with Gasteiger partial charge in [-0.1, -0.05) is 13.8 Å². The third-order valence-electron chi connectivity index (χ3n) is 9.70. The maximum Gasteiger partial charge on any atom is 0.305 e. The molecule has 238 valence electrons. The second kappa shape index (κ2) is 12.7. The van der Waals surface area contributed by atoms with E-state index in [0.29, 0.717) is 25.7 Å². The highest BCUT2D eigenvalue weighted by Crippen LogP contribution is 2.37. The number of nitrogens with one attached hydrogen (secondary N) is 2. The van der Waals surface area contributed by atoms with E-state index in [-0.39, 0.29) is 17.4 Å². The number of aryl methyl sites for hydroxylation is 4. The highest BCUT2D eigenvalue weighted by atomic mass is 16.5. The number of esters is 2. The van der Waals surface area contributed by atoms with E-state index in [4.69, 9.17) is 19.4 Å². The van der Waals surface area contributed by atoms with E-state index in [0.717, 1.165) is 91.9 Å². The lowest BCUT2D eigenvalue weighted by Crippen LogP contribution is -2.15. The first kappa shape index (κ1) is 32.2. The van der Waals surface area contributed by atoms with Crippen LogP contribution in [0.25, 0.3) is 33.2 Å². The summed E-state index contributed by atoms with van der Waals surface area (Å²) < 4.78 is 9.82. The number of nitrogens with zero attached hydrogens (tertiary/aromatic N) is 2. The summed E-state index contributed by atoms with van der Waals surface area (Å²) >= 11 is 0. The standard InChI is InChI=1S/C37H46N4O4/c1-20-21(2)36-24(5)32-19-37(6,7)33(40-32)18-29-23(4)26(13-11-15-35(43)45-9)31(39-29)17-30-25(12-10-14-34(42)44-8)22(3)28(38-30)16-27(20)41-36/h16-18,38-39H,10-15,19H2,1-9H3. The Morgan fingerprint density at radius 2 is 1.27 bits per heavy atom. The Morgan fingerprint density at radius 1 is 0.733 bits per heavy atom. The van der Waals surface area contributed by atoms with Crippen LogP contribution in [0.4, 0.5) is 0 Å². The summed E-state index contributed by atoms with van der Waals surface area (Å²) in [4.78, 5) is 41.7. The Morgan fingerprint density at radius 3 is 1.80 bits per heavy atom. The fourth-order valence-electron chi connectivity index (χ4n) is 6.57. The van der Waals surface area contributed by atoms with Crippen LogP contribution in [0.1, 0.15) is 104 Å². The minimum Gasteiger partial charge on any atom is -0.469 e. The molecule has 0 spiro atoms. The lowest BCUT2D eigenvalue weighted by Gasteiger charge is -2.16. The van der Waals surface area contributed by atoms with Crippen molar-refractivity contribution in [3.8, 4) is 0 Å². The van der Waals surface area contributed by atoms with Gasteiger partial charge in [0.15, 0.2) is 0 Å². The summed E-state index contributed by atoms with van der Waals surface area (Å²) in [7, 11) is 2.86. The van der Waals surface area contributed by atoms with E-state index in [9.17, 15) is 9.59 Å². The van der Waals surface area contributed by atoms with Crippen LogP contribution in [0.3, 0.4) is 0 Å². The summed E-state index contributed by atoms with van der Waals surface area (Å²) in [5.74, 6) is -0.408. The Bertz CT molecular complexity index is 1870. The second-order valence-electron chi connectivity index (χ2n) is 13.1. The molecule has 0 amide bonds. The van der Waals surface area contributed by atoms with Gasteiger partial charge in [-0.25, -0.2) is 4.98 Å². The zero-order valence-corrected chi connectivity index (χ0v) is 28.2. The molecule has 0 atom stereocenters. The van der Waals surface area contributed by atoms with Crippen molar-refractivity contribution >= 4 is 45.2 Å². The van der Waals surface area contributed by atoms with E-state index in [1.807, 2.05) is 0 Å². The van der Waals surface area contributed by atoms with Gasteiger partial charge in [0.2, 0.25) is 0 Å². The molecule has 3 aromatic rings. The molecule has 0 aliphatic carbocycles. The van der Waals surface area contributed by atoms with Crippen molar-refractivity contribution in [3.63, 3.8) is 0 Å². The van der Waals surface area contributed by atoms with Crippen molar-refractivity contribution < 1.29 is 19.1 Å². The molecule has 5 rings (SSSR count). The largest absolute Gasteiger partial charge is 0.469 e. The third-order valence-corrected chi connectivity index (χ3v) is 9.70. The lowest BCUT2D eigenvalue weighted by atomic mass is 9.86. The molecule has 0 unspecified atom stereocenters. The monoisotopic (exact) mass is 610 g/mol. The molecule has 0 radical (unpaired) electrons. The Labute approximate surface area is 265 Å². The van der Waals surface area contributed by atoms with Gasteiger partial charge in [-0.2, -0.15) is 0 Å². The topological polar surface area (TPSA) is 110 Å². The fourth-order valence-corrected chi connectivity index (χ4v) is 6.57. The minimum absolute atomic E-state index is 0.139. The van der Waals surface area contributed by atoms with Crippen LogP contribution in [0, 0.1) is 20.8 Å². The van der Waals surface area contributed by atoms with Gasteiger partial charge in [-0.3, -0.25) is 14.6 Å². The number of carbonyl (C=O) groups is 2. The van der Waals surface area contributed by atoms with E-state index < -0.39 is 0 Å². The van der Waals surface area contributed by atoms with E-state index >= 15 is 0 Å². The highest BCUT2D eigenvalue weighted by Gasteiger charge is 2.31. The van der Waals surface area contributed by atoms with Crippen molar-refractivity contribution in [2.75, 3.05) is 14.2 Å². The van der Waals surface area contributed by atoms with Crippen LogP contribution in [0.15, 0.2) is 18.2 Å². The van der Waals surface area contributed by atoms with Gasteiger partial charge >= 0.3 is 11.9 Å². The zero-order chi connectivity index (χ0) is 32.6. The molecular weight excluding hydrogens is 564 g/mol. The third kappa shape index (κ3) is 6.33. The number of hydrogen-bond donors (Lipinski definition) is 2. The number of allylic oxidation sites excluding steroid dienone is 2. The average molecular weight is 611 g/mol. The van der Waals surface area contributed by atoms with Crippen LogP contribution in [0.2, 0.25) is 0 Å². The molecule has 8 heteroatoms. The number of methoxy groups -OCH3 is 2. The summed E-state index contributed by atoms with van der Waals surface area (Å²) in [5.41, 5.74) is 16.0. The molecule has 0 fully saturated rings. The predicted octanol–water partition coefficient (Wildman–Crippen LogP) is 7.70. The maximum absolute atomic E-state index is 12.0. The minimum atomic E-state index is -0.205. The molecule has 8 nitrogen and oxygen atoms in total. The quantitative estimate of drug-likeness (QED) is 0.253. The Balaban J connectivity index is 1.84. The number of aromatic nitrogens is 4. The first-order valence-corrected chi connectivity index (χ1v) is 15.9. The molecule has 2 N–H and O–H groups in total. The first-order valence-electron chi connectivity index (χ1n) is 15.9. The van der Waals surface area contributed by atoms with Crippen LogP contribution in [-0.4, -0.2) is 46.1 Å². The first-order chi connectivity index (χ1) is 21.3. The number of rotatable bonds is 8. The van der Waals surface area contributed by atoms with Gasteiger partial charge in [0, 0.05) is 58.1 Å². The number of H-pyrrole nitrogens is 2. The molecule has 0 saturated carbocycles. The molecule has 2 aliphatic heterocycles. The molecule has 0 saturated heterocycles. The molecule has 0 aromatic carbocycles. The van der Waals surface area contributed by atoms with Crippen molar-refractivity contribution in [2.45, 2.75) is 98.8 Å². The molecule has 8 bridgehead atoms. The second-order valence-corrected chi connectivity index (χ2v) is 13.1. The van der Waals surface area contributed by atoms with E-state index in [1.54, 1.807) is 0 Å². The summed E-state index contributed by atoms with van der Waals surface area (Å²) in [6.45, 7) is 15.2. The molecule has 3 aromatic heterocycles. The lowest BCUT2D eigenvalue weighted by molar-refractivity contribution is -0.141. The predicted molar refractivity (Wildman–Crippen MR) is 180 cm³/mol. The number of aromatic amines is 2. The van der Waals surface area contributed by atoms with Gasteiger partial charge in [0.25, 0.3) is 0 Å². The van der Waals surface area contributed by atoms with E-state index in [1.165, 1.54) is 25.4 Å². The molecule has 5 heterocycles. The van der Waals surface area contributed by atoms with Crippen molar-refractivity contribution in [2.24, 2.45) is 0 Å². The maximum atomic E-state index is 12.0. The summed E-state index contributed by atoms with van der Waals surface area (Å²) in [6, 6.07) is 6.53.